The van der Waals surface area contributed by atoms with Crippen LogP contribution in [0.1, 0.15) is 0 Å². The van der Waals surface area contributed by atoms with Gasteiger partial charge in [0.1, 0.15) is 0 Å². The van der Waals surface area contributed by atoms with Crippen molar-refractivity contribution in [2.75, 3.05) is 25.7 Å². The van der Waals surface area contributed by atoms with Gasteiger partial charge in [-0.3, -0.25) is 0 Å². The van der Waals surface area contributed by atoms with Gasteiger partial charge in [0.2, 0.25) is 0 Å². The van der Waals surface area contributed by atoms with E-state index in [1.54, 1.807) is 18.0 Å². The molecule has 11 heavy (non-hydrogen) atoms. The van der Waals surface area contributed by atoms with Crippen LogP contribution >= 0.6 is 11.8 Å². The Kier molecular flexibility index (Phi) is 7.03. The van der Waals surface area contributed by atoms with E-state index in [1.807, 2.05) is 6.26 Å². The van der Waals surface area contributed by atoms with Crippen molar-refractivity contribution < 1.29 is 9.53 Å². The summed E-state index contributed by atoms with van der Waals surface area (Å²) in [7, 11) is 1.36. The average Bonchev–Trinajstić information content (AvgIpc) is 2.04. The lowest BCUT2D eigenvalue weighted by Gasteiger charge is -1.96. The highest BCUT2D eigenvalue weighted by molar-refractivity contribution is 7.98. The van der Waals surface area contributed by atoms with E-state index in [-0.39, 0.29) is 5.97 Å². The first-order chi connectivity index (χ1) is 5.31. The van der Waals surface area contributed by atoms with Crippen molar-refractivity contribution in [3.8, 4) is 0 Å². The Labute approximate surface area is 71.2 Å². The molecule has 4 heteroatoms. The lowest BCUT2D eigenvalue weighted by molar-refractivity contribution is -0.134. The molecule has 0 amide bonds. The monoisotopic (exact) mass is 175 g/mol. The highest BCUT2D eigenvalue weighted by Gasteiger charge is 1.87. The molecule has 0 aliphatic rings. The molecule has 0 spiro atoms. The normalized spacial score (nSPS) is 10.0. The lowest BCUT2D eigenvalue weighted by atomic mass is 10.6. The summed E-state index contributed by atoms with van der Waals surface area (Å²) in [6.07, 6.45) is 4.99. The molecular weight excluding hydrogens is 162 g/mol. The maximum absolute atomic E-state index is 10.5. The molecule has 0 aliphatic heterocycles. The van der Waals surface area contributed by atoms with Crippen LogP contribution in [-0.2, 0) is 9.53 Å². The van der Waals surface area contributed by atoms with Gasteiger partial charge < -0.3 is 10.1 Å². The van der Waals surface area contributed by atoms with Gasteiger partial charge in [0, 0.05) is 24.6 Å². The zero-order valence-corrected chi connectivity index (χ0v) is 7.61. The summed E-state index contributed by atoms with van der Waals surface area (Å²) in [6.45, 7) is 0.870. The van der Waals surface area contributed by atoms with Crippen molar-refractivity contribution >= 4 is 17.7 Å². The highest BCUT2D eigenvalue weighted by Crippen LogP contribution is 1.86. The molecule has 0 saturated carbocycles. The molecular formula is C7H13NO2S. The first-order valence-electron chi connectivity index (χ1n) is 3.28. The minimum absolute atomic E-state index is 0.332. The summed E-state index contributed by atoms with van der Waals surface area (Å²) >= 11 is 1.75. The van der Waals surface area contributed by atoms with Crippen molar-refractivity contribution in [2.24, 2.45) is 0 Å². The number of hydrogen-bond acceptors (Lipinski definition) is 4. The van der Waals surface area contributed by atoms with Gasteiger partial charge in [-0.05, 0) is 6.26 Å². The summed E-state index contributed by atoms with van der Waals surface area (Å²) in [6, 6.07) is 0. The Balaban J connectivity index is 3.22. The molecule has 0 saturated heterocycles. The number of hydrogen-bond donors (Lipinski definition) is 1. The van der Waals surface area contributed by atoms with E-state index in [1.165, 1.54) is 13.2 Å². The molecule has 0 fully saturated rings. The summed E-state index contributed by atoms with van der Waals surface area (Å²) in [4.78, 5) is 10.5. The third-order valence-corrected chi connectivity index (χ3v) is 1.60. The first-order valence-corrected chi connectivity index (χ1v) is 4.67. The second-order valence-electron chi connectivity index (χ2n) is 1.80. The van der Waals surface area contributed by atoms with Crippen LogP contribution in [-0.4, -0.2) is 31.6 Å². The Morgan fingerprint density at radius 1 is 1.73 bits per heavy atom. The number of carbonyl (C=O) groups is 1. The number of ether oxygens (including phenoxy) is 1. The molecule has 0 unspecified atom stereocenters. The number of thioether (sulfide) groups is 1. The Morgan fingerprint density at radius 2 is 2.45 bits per heavy atom. The fraction of sp³-hybridized carbons (Fsp3) is 0.571. The highest BCUT2D eigenvalue weighted by atomic mass is 32.2. The number of rotatable bonds is 5. The van der Waals surface area contributed by atoms with E-state index < -0.39 is 0 Å². The summed E-state index contributed by atoms with van der Waals surface area (Å²) in [5, 5.41) is 2.95. The van der Waals surface area contributed by atoms with E-state index in [0.717, 1.165) is 12.3 Å². The molecule has 0 atom stereocenters. The molecule has 0 rings (SSSR count). The van der Waals surface area contributed by atoms with E-state index in [4.69, 9.17) is 0 Å². The van der Waals surface area contributed by atoms with Gasteiger partial charge in [0.05, 0.1) is 7.11 Å². The van der Waals surface area contributed by atoms with Gasteiger partial charge in [-0.25, -0.2) is 4.79 Å². The van der Waals surface area contributed by atoms with Crippen LogP contribution in [0.2, 0.25) is 0 Å². The predicted molar refractivity (Wildman–Crippen MR) is 47.5 cm³/mol. The number of esters is 1. The summed E-state index contributed by atoms with van der Waals surface area (Å²) in [5.74, 6) is 0.701. The molecule has 64 valence electrons. The third-order valence-electron chi connectivity index (χ3n) is 0.989. The van der Waals surface area contributed by atoms with Crippen molar-refractivity contribution in [3.05, 3.63) is 12.3 Å². The molecule has 0 aromatic rings. The number of nitrogens with one attached hydrogen (secondary N) is 1. The molecule has 0 bridgehead atoms. The van der Waals surface area contributed by atoms with Gasteiger partial charge >= 0.3 is 5.97 Å². The second kappa shape index (κ2) is 7.47. The van der Waals surface area contributed by atoms with Crippen molar-refractivity contribution in [2.45, 2.75) is 0 Å². The smallest absolute Gasteiger partial charge is 0.331 e. The van der Waals surface area contributed by atoms with Gasteiger partial charge in [0.15, 0.2) is 0 Å². The Morgan fingerprint density at radius 3 is 3.00 bits per heavy atom. The second-order valence-corrected chi connectivity index (χ2v) is 2.79. The van der Waals surface area contributed by atoms with Crippen LogP contribution in [0, 0.1) is 0 Å². The van der Waals surface area contributed by atoms with Gasteiger partial charge in [-0.2, -0.15) is 11.8 Å². The SMILES string of the molecule is COC(=O)/C=C/NCCSC. The summed E-state index contributed by atoms with van der Waals surface area (Å²) < 4.78 is 4.39. The van der Waals surface area contributed by atoms with E-state index in [0.29, 0.717) is 0 Å². The quantitative estimate of drug-likeness (QED) is 0.378. The van der Waals surface area contributed by atoms with E-state index in [9.17, 15) is 4.79 Å². The van der Waals surface area contributed by atoms with Gasteiger partial charge in [-0.15, -0.1) is 0 Å². The molecule has 0 aromatic carbocycles. The van der Waals surface area contributed by atoms with Crippen LogP contribution < -0.4 is 5.32 Å². The first kappa shape index (κ1) is 10.4. The Hall–Kier alpha value is -0.640. The largest absolute Gasteiger partial charge is 0.466 e. The van der Waals surface area contributed by atoms with Gasteiger partial charge in [0.25, 0.3) is 0 Å². The van der Waals surface area contributed by atoms with Crippen molar-refractivity contribution in [1.29, 1.82) is 0 Å². The zero-order valence-electron chi connectivity index (χ0n) is 6.79. The van der Waals surface area contributed by atoms with Crippen LogP contribution in [0.3, 0.4) is 0 Å². The van der Waals surface area contributed by atoms with Crippen LogP contribution in [0.15, 0.2) is 12.3 Å². The maximum Gasteiger partial charge on any atom is 0.331 e. The molecule has 3 nitrogen and oxygen atoms in total. The maximum atomic E-state index is 10.5. The Bertz CT molecular complexity index is 136. The molecule has 1 N–H and O–H groups in total. The standard InChI is InChI=1S/C7H13NO2S/c1-10-7(9)3-4-8-5-6-11-2/h3-4,8H,5-6H2,1-2H3/b4-3+. The molecule has 0 heterocycles. The lowest BCUT2D eigenvalue weighted by Crippen LogP contribution is -2.10. The summed E-state index contributed by atoms with van der Waals surface area (Å²) in [5.41, 5.74) is 0. The minimum atomic E-state index is -0.332. The van der Waals surface area contributed by atoms with E-state index in [2.05, 4.69) is 10.1 Å². The third kappa shape index (κ3) is 7.25. The molecule has 0 radical (unpaired) electrons. The average molecular weight is 175 g/mol. The van der Waals surface area contributed by atoms with Crippen LogP contribution in [0.4, 0.5) is 0 Å². The van der Waals surface area contributed by atoms with Crippen LogP contribution in [0.5, 0.6) is 0 Å². The van der Waals surface area contributed by atoms with Crippen molar-refractivity contribution in [1.82, 2.24) is 5.32 Å². The fourth-order valence-corrected chi connectivity index (χ4v) is 0.761. The number of carbonyl (C=O) groups excluding carboxylic acids is 1. The number of methoxy groups -OCH3 is 1. The molecule has 0 aliphatic carbocycles. The predicted octanol–water partition coefficient (Wildman–Crippen LogP) is 0.626. The minimum Gasteiger partial charge on any atom is -0.466 e. The van der Waals surface area contributed by atoms with Crippen LogP contribution in [0.25, 0.3) is 0 Å². The fourth-order valence-electron chi connectivity index (χ4n) is 0.439. The van der Waals surface area contributed by atoms with Crippen molar-refractivity contribution in [3.63, 3.8) is 0 Å². The topological polar surface area (TPSA) is 38.3 Å². The zero-order chi connectivity index (χ0) is 8.53. The molecule has 0 aromatic heterocycles. The van der Waals surface area contributed by atoms with E-state index >= 15 is 0 Å². The van der Waals surface area contributed by atoms with Gasteiger partial charge in [-0.1, -0.05) is 0 Å².